The summed E-state index contributed by atoms with van der Waals surface area (Å²) in [6.07, 6.45) is 0. The number of nitrogens with zero attached hydrogens (tertiary/aromatic N) is 3. The summed E-state index contributed by atoms with van der Waals surface area (Å²) in [7, 11) is 0. The van der Waals surface area contributed by atoms with Gasteiger partial charge in [0.25, 0.3) is 0 Å². The molecule has 17 rings (SSSR count). The Morgan fingerprint density at radius 3 is 1.29 bits per heavy atom. The molecule has 0 bridgehead atoms. The van der Waals surface area contributed by atoms with Crippen molar-refractivity contribution in [1.82, 2.24) is 9.13 Å². The van der Waals surface area contributed by atoms with Crippen LogP contribution in [0.3, 0.4) is 0 Å². The molecular formula is C78H49N3S. The summed E-state index contributed by atoms with van der Waals surface area (Å²) in [5.74, 6) is 0. The minimum Gasteiger partial charge on any atom is -0.311 e. The van der Waals surface area contributed by atoms with Crippen LogP contribution in [0, 0.1) is 0 Å². The van der Waals surface area contributed by atoms with Gasteiger partial charge < -0.3 is 14.0 Å². The highest BCUT2D eigenvalue weighted by Crippen LogP contribution is 2.45. The molecule has 0 unspecified atom stereocenters. The molecule has 82 heavy (non-hydrogen) atoms. The first-order valence-electron chi connectivity index (χ1n) is 28.1. The molecule has 0 aliphatic carbocycles. The zero-order valence-corrected chi connectivity index (χ0v) is 45.4. The quantitative estimate of drug-likeness (QED) is 0.138. The summed E-state index contributed by atoms with van der Waals surface area (Å²) in [6, 6.07) is 110. The maximum atomic E-state index is 2.48. The molecular weight excluding hydrogens is 1010 g/mol. The lowest BCUT2D eigenvalue weighted by atomic mass is 9.94. The van der Waals surface area contributed by atoms with Gasteiger partial charge in [0.2, 0.25) is 0 Å². The molecule has 3 nitrogen and oxygen atoms in total. The second kappa shape index (κ2) is 18.5. The van der Waals surface area contributed by atoms with Gasteiger partial charge in [0, 0.05) is 70.2 Å². The Morgan fingerprint density at radius 2 is 0.646 bits per heavy atom. The van der Waals surface area contributed by atoms with E-state index in [1.807, 2.05) is 11.3 Å². The minimum absolute atomic E-state index is 1.09. The minimum atomic E-state index is 1.09. The first kappa shape index (κ1) is 46.4. The smallest absolute Gasteiger partial charge is 0.0542 e. The van der Waals surface area contributed by atoms with Gasteiger partial charge in [-0.25, -0.2) is 0 Å². The number of anilines is 3. The van der Waals surface area contributed by atoms with Crippen LogP contribution in [0.4, 0.5) is 17.1 Å². The Balaban J connectivity index is 0.811. The van der Waals surface area contributed by atoms with E-state index in [4.69, 9.17) is 0 Å². The van der Waals surface area contributed by atoms with Crippen LogP contribution in [0.1, 0.15) is 0 Å². The summed E-state index contributed by atoms with van der Waals surface area (Å²) in [5, 5.41) is 15.1. The van der Waals surface area contributed by atoms with Crippen molar-refractivity contribution in [2.45, 2.75) is 0 Å². The number of benzene rings is 14. The van der Waals surface area contributed by atoms with Crippen LogP contribution in [0.15, 0.2) is 297 Å². The third kappa shape index (κ3) is 7.29. The maximum absolute atomic E-state index is 2.48. The third-order valence-corrected chi connectivity index (χ3v) is 18.3. The molecule has 3 aromatic heterocycles. The Hall–Kier alpha value is -10.5. The van der Waals surface area contributed by atoms with Gasteiger partial charge in [0.1, 0.15) is 0 Å². The molecule has 0 amide bonds. The van der Waals surface area contributed by atoms with E-state index in [0.29, 0.717) is 0 Å². The van der Waals surface area contributed by atoms with Gasteiger partial charge in [0.05, 0.1) is 22.1 Å². The van der Waals surface area contributed by atoms with Crippen LogP contribution in [-0.4, -0.2) is 9.13 Å². The van der Waals surface area contributed by atoms with Crippen LogP contribution in [0.2, 0.25) is 0 Å². The van der Waals surface area contributed by atoms with Crippen LogP contribution in [0.25, 0.3) is 141 Å². The molecule has 0 N–H and O–H groups in total. The second-order valence-corrected chi connectivity index (χ2v) is 22.6. The topological polar surface area (TPSA) is 13.1 Å². The van der Waals surface area contributed by atoms with E-state index in [0.717, 1.165) is 50.6 Å². The van der Waals surface area contributed by atoms with Crippen molar-refractivity contribution >= 4 is 125 Å². The highest BCUT2D eigenvalue weighted by atomic mass is 32.1. The summed E-state index contributed by atoms with van der Waals surface area (Å²) >= 11 is 1.88. The lowest BCUT2D eigenvalue weighted by Gasteiger charge is -2.26. The van der Waals surface area contributed by atoms with Crippen molar-refractivity contribution in [1.29, 1.82) is 0 Å². The van der Waals surface area contributed by atoms with E-state index in [-0.39, 0.29) is 0 Å². The number of hydrogen-bond acceptors (Lipinski definition) is 2. The van der Waals surface area contributed by atoms with Crippen molar-refractivity contribution in [3.05, 3.63) is 297 Å². The Labute approximate surface area is 477 Å². The largest absolute Gasteiger partial charge is 0.311 e. The molecule has 0 atom stereocenters. The monoisotopic (exact) mass is 1060 g/mol. The number of aromatic nitrogens is 2. The molecule has 0 aliphatic rings. The van der Waals surface area contributed by atoms with Crippen LogP contribution in [0.5, 0.6) is 0 Å². The van der Waals surface area contributed by atoms with Gasteiger partial charge in [-0.3, -0.25) is 0 Å². The van der Waals surface area contributed by atoms with Crippen molar-refractivity contribution in [2.24, 2.45) is 0 Å². The van der Waals surface area contributed by atoms with Gasteiger partial charge in [0.15, 0.2) is 0 Å². The molecule has 4 heteroatoms. The fraction of sp³-hybridized carbons (Fsp3) is 0. The normalized spacial score (nSPS) is 11.9. The highest BCUT2D eigenvalue weighted by molar-refractivity contribution is 7.26. The number of hydrogen-bond donors (Lipinski definition) is 0. The fourth-order valence-electron chi connectivity index (χ4n) is 13.3. The lowest BCUT2D eigenvalue weighted by molar-refractivity contribution is 1.17. The molecule has 382 valence electrons. The van der Waals surface area contributed by atoms with Gasteiger partial charge in [-0.05, 0) is 169 Å². The Bertz CT molecular complexity index is 5340. The van der Waals surface area contributed by atoms with E-state index >= 15 is 0 Å². The van der Waals surface area contributed by atoms with Crippen molar-refractivity contribution in [3.8, 4) is 44.8 Å². The molecule has 0 spiro atoms. The van der Waals surface area contributed by atoms with Gasteiger partial charge in [-0.1, -0.05) is 194 Å². The zero-order valence-electron chi connectivity index (χ0n) is 44.5. The molecule has 0 aliphatic heterocycles. The first-order chi connectivity index (χ1) is 40.7. The molecule has 3 heterocycles. The molecule has 0 saturated carbocycles. The average molecular weight is 1060 g/mol. The fourth-order valence-corrected chi connectivity index (χ4v) is 14.5. The second-order valence-electron chi connectivity index (χ2n) is 21.6. The molecule has 17 aromatic rings. The van der Waals surface area contributed by atoms with E-state index in [9.17, 15) is 0 Å². The van der Waals surface area contributed by atoms with E-state index < -0.39 is 0 Å². The lowest BCUT2D eigenvalue weighted by Crippen LogP contribution is -2.09. The first-order valence-corrected chi connectivity index (χ1v) is 29.0. The van der Waals surface area contributed by atoms with E-state index in [1.165, 1.54) is 107 Å². The standard InChI is InChI=1S/C78H49N3S/c1-3-16-50(17-4-1)53-34-43-74-70(46-53)66-24-11-13-28-73(66)80(74)59-41-45-76-72(49-59)71-47-54(35-44-75(71)81(76)58-40-42-65-63-22-8-7-20-61(63)62-21-9-10-23-64(62)69(65)48-58)51-30-36-56(37-31-51)79(55-18-5-2-6-19-55)57-38-32-52(33-39-57)60-26-15-27-68-67-25-12-14-29-77(67)82-78(60)68/h1-49H. The average Bonchev–Trinajstić information content (AvgIpc) is 2.68. The summed E-state index contributed by atoms with van der Waals surface area (Å²) < 4.78 is 7.58. The number of thiophene rings is 1. The summed E-state index contributed by atoms with van der Waals surface area (Å²) in [5.41, 5.74) is 17.5. The summed E-state index contributed by atoms with van der Waals surface area (Å²) in [6.45, 7) is 0. The van der Waals surface area contributed by atoms with Gasteiger partial charge >= 0.3 is 0 Å². The Kier molecular flexibility index (Phi) is 10.5. The van der Waals surface area contributed by atoms with E-state index in [1.54, 1.807) is 0 Å². The number of rotatable bonds is 8. The van der Waals surface area contributed by atoms with Crippen LogP contribution in [-0.2, 0) is 0 Å². The van der Waals surface area contributed by atoms with Gasteiger partial charge in [-0.2, -0.15) is 0 Å². The predicted molar refractivity (Wildman–Crippen MR) is 352 cm³/mol. The maximum Gasteiger partial charge on any atom is 0.0542 e. The Morgan fingerprint density at radius 1 is 0.232 bits per heavy atom. The predicted octanol–water partition coefficient (Wildman–Crippen LogP) is 22.2. The van der Waals surface area contributed by atoms with Gasteiger partial charge in [-0.15, -0.1) is 11.3 Å². The molecule has 0 radical (unpaired) electrons. The van der Waals surface area contributed by atoms with Crippen molar-refractivity contribution in [2.75, 3.05) is 4.90 Å². The SMILES string of the molecule is c1ccc(-c2ccc3c(c2)c2ccccc2n3-c2ccc3c(c2)c2cc(-c4ccc(N(c5ccccc5)c5ccc(-c6cccc7c6sc6ccccc67)cc5)cc4)ccc2n3-c2ccc3c4ccccc4c4ccccc4c3c2)cc1. The number of para-hydroxylation sites is 2. The van der Waals surface area contributed by atoms with Crippen LogP contribution >= 0.6 is 11.3 Å². The summed E-state index contributed by atoms with van der Waals surface area (Å²) in [4.78, 5) is 2.36. The third-order valence-electron chi connectivity index (χ3n) is 17.1. The van der Waals surface area contributed by atoms with E-state index in [2.05, 4.69) is 311 Å². The number of fused-ring (bicyclic) bond motifs is 15. The molecule has 0 fully saturated rings. The molecule has 0 saturated heterocycles. The zero-order chi connectivity index (χ0) is 53.8. The van der Waals surface area contributed by atoms with Crippen molar-refractivity contribution < 1.29 is 0 Å². The van der Waals surface area contributed by atoms with Crippen molar-refractivity contribution in [3.63, 3.8) is 0 Å². The highest BCUT2D eigenvalue weighted by Gasteiger charge is 2.21. The molecule has 14 aromatic carbocycles. The van der Waals surface area contributed by atoms with Crippen LogP contribution < -0.4 is 4.90 Å².